The molecule has 0 bridgehead atoms. The lowest BCUT2D eigenvalue weighted by molar-refractivity contribution is -0.109. The summed E-state index contributed by atoms with van der Waals surface area (Å²) in [7, 11) is 0. The molecule has 4 nitrogen and oxygen atoms in total. The van der Waals surface area contributed by atoms with Gasteiger partial charge in [-0.15, -0.1) is 0 Å². The van der Waals surface area contributed by atoms with E-state index in [0.717, 1.165) is 61.3 Å². The highest BCUT2D eigenvalue weighted by atomic mass is 16.3. The van der Waals surface area contributed by atoms with Crippen LogP contribution in [0.3, 0.4) is 0 Å². The summed E-state index contributed by atoms with van der Waals surface area (Å²) in [5.74, 6) is 5.62. The Bertz CT molecular complexity index is 842. The quantitative estimate of drug-likeness (QED) is 0.665. The molecular weight excluding hydrogens is 382 g/mol. The van der Waals surface area contributed by atoms with E-state index in [0.29, 0.717) is 17.0 Å². The number of nitriles is 1. The molecule has 4 aliphatic carbocycles. The summed E-state index contributed by atoms with van der Waals surface area (Å²) in [6.07, 6.45) is 14.3. The van der Waals surface area contributed by atoms with Crippen LogP contribution < -0.4 is 0 Å². The highest BCUT2D eigenvalue weighted by Crippen LogP contribution is 2.65. The molecule has 0 aliphatic heterocycles. The van der Waals surface area contributed by atoms with Gasteiger partial charge in [-0.25, -0.2) is 0 Å². The summed E-state index contributed by atoms with van der Waals surface area (Å²) < 4.78 is 1.93. The van der Waals surface area contributed by atoms with Gasteiger partial charge in [0.2, 0.25) is 0 Å². The monoisotopic (exact) mass is 423 g/mol. The topological polar surface area (TPSA) is 61.8 Å². The zero-order valence-corrected chi connectivity index (χ0v) is 19.8. The Labute approximate surface area is 188 Å². The molecule has 0 aromatic carbocycles. The number of aromatic nitrogens is 2. The van der Waals surface area contributed by atoms with Crippen LogP contribution in [0.25, 0.3) is 0 Å². The van der Waals surface area contributed by atoms with E-state index in [1.54, 1.807) is 6.20 Å². The van der Waals surface area contributed by atoms with E-state index in [1.807, 2.05) is 10.7 Å². The molecule has 4 fully saturated rings. The maximum Gasteiger partial charge on any atom is 0.138 e. The molecular formula is C27H41N3O. The Morgan fingerprint density at radius 1 is 1.16 bits per heavy atom. The van der Waals surface area contributed by atoms with Gasteiger partial charge in [0.05, 0.1) is 11.8 Å². The first-order chi connectivity index (χ1) is 14.9. The minimum absolute atomic E-state index is 0.375. The summed E-state index contributed by atoms with van der Waals surface area (Å²) >= 11 is 0. The average Bonchev–Trinajstić information content (AvgIpc) is 3.36. The second-order valence-corrected chi connectivity index (χ2v) is 12.0. The van der Waals surface area contributed by atoms with Crippen molar-refractivity contribution >= 4 is 0 Å². The van der Waals surface area contributed by atoms with Crippen molar-refractivity contribution in [3.63, 3.8) is 0 Å². The number of rotatable bonds is 4. The lowest BCUT2D eigenvalue weighted by Gasteiger charge is -2.57. The molecule has 1 aromatic heterocycles. The average molecular weight is 424 g/mol. The molecule has 4 aliphatic rings. The van der Waals surface area contributed by atoms with Crippen LogP contribution >= 0.6 is 0 Å². The number of nitrogens with zero attached hydrogens (tertiary/aromatic N) is 3. The van der Waals surface area contributed by atoms with Gasteiger partial charge in [-0.1, -0.05) is 20.8 Å². The van der Waals surface area contributed by atoms with Crippen molar-refractivity contribution in [2.45, 2.75) is 97.1 Å². The molecule has 4 saturated carbocycles. The molecule has 170 valence electrons. The fraction of sp³-hybridized carbons (Fsp3) is 0.852. The summed E-state index contributed by atoms with van der Waals surface area (Å²) in [6.45, 7) is 8.05. The molecule has 0 saturated heterocycles. The molecule has 0 radical (unpaired) electrons. The van der Waals surface area contributed by atoms with Gasteiger partial charge in [0.1, 0.15) is 11.8 Å². The van der Waals surface area contributed by atoms with Gasteiger partial charge in [-0.2, -0.15) is 10.4 Å². The van der Waals surface area contributed by atoms with E-state index in [4.69, 9.17) is 0 Å². The lowest BCUT2D eigenvalue weighted by Crippen LogP contribution is -2.51. The molecule has 9 atom stereocenters. The van der Waals surface area contributed by atoms with E-state index >= 15 is 0 Å². The Balaban J connectivity index is 1.30. The van der Waals surface area contributed by atoms with Crippen LogP contribution in [0.4, 0.5) is 0 Å². The summed E-state index contributed by atoms with van der Waals surface area (Å²) in [4.78, 5) is 0. The van der Waals surface area contributed by atoms with Crippen LogP contribution in [0.5, 0.6) is 0 Å². The molecule has 1 unspecified atom stereocenters. The van der Waals surface area contributed by atoms with E-state index in [1.165, 1.54) is 44.9 Å². The van der Waals surface area contributed by atoms with Crippen LogP contribution in [0.1, 0.15) is 90.7 Å². The molecule has 1 N–H and O–H groups in total. The Morgan fingerprint density at radius 2 is 1.97 bits per heavy atom. The fourth-order valence-corrected chi connectivity index (χ4v) is 9.23. The third-order valence-corrected chi connectivity index (χ3v) is 10.8. The molecule has 0 amide bonds. The fourth-order valence-electron chi connectivity index (χ4n) is 9.23. The van der Waals surface area contributed by atoms with Crippen LogP contribution in [0, 0.1) is 58.2 Å². The summed E-state index contributed by atoms with van der Waals surface area (Å²) in [6, 6.07) is 4.13. The maximum atomic E-state index is 10.9. The molecule has 4 heteroatoms. The second-order valence-electron chi connectivity index (χ2n) is 12.0. The predicted molar refractivity (Wildman–Crippen MR) is 122 cm³/mol. The van der Waals surface area contributed by atoms with Crippen LogP contribution in [-0.4, -0.2) is 20.5 Å². The van der Waals surface area contributed by atoms with Crippen molar-refractivity contribution in [1.29, 1.82) is 5.26 Å². The SMILES string of the molecule is CC[C@@]1(O)CC[C@H]2[C@H](CC[C@@H]3[C@@H]2CC[C@]2(C)[C@@H](C(C)Cn4nccc4C#N)CC[C@@H]32)C1. The van der Waals surface area contributed by atoms with E-state index in [9.17, 15) is 10.4 Å². The van der Waals surface area contributed by atoms with E-state index in [2.05, 4.69) is 31.9 Å². The van der Waals surface area contributed by atoms with Crippen molar-refractivity contribution in [3.05, 3.63) is 18.0 Å². The standard InChI is InChI=1S/C27H41N3O/c1-4-27(31)13-10-21-19(15-27)5-6-23-22(21)9-12-26(3)24(7-8-25(23)26)18(2)17-30-20(16-28)11-14-29-30/h11,14,18-19,21-25,31H,4-10,12-13,15,17H2,1-3H3/t18?,19-,21+,22-,23-,24-,25+,26-,27-/m1/s1. The van der Waals surface area contributed by atoms with Crippen molar-refractivity contribution in [2.24, 2.45) is 46.8 Å². The van der Waals surface area contributed by atoms with Gasteiger partial charge in [-0.05, 0) is 117 Å². The van der Waals surface area contributed by atoms with E-state index in [-0.39, 0.29) is 5.60 Å². The lowest BCUT2D eigenvalue weighted by atomic mass is 9.48. The third-order valence-electron chi connectivity index (χ3n) is 10.8. The minimum atomic E-state index is -0.375. The van der Waals surface area contributed by atoms with Gasteiger partial charge in [-0.3, -0.25) is 4.68 Å². The van der Waals surface area contributed by atoms with E-state index < -0.39 is 0 Å². The second kappa shape index (κ2) is 7.91. The smallest absolute Gasteiger partial charge is 0.138 e. The van der Waals surface area contributed by atoms with Gasteiger partial charge in [0.25, 0.3) is 0 Å². The highest BCUT2D eigenvalue weighted by molar-refractivity contribution is 5.18. The summed E-state index contributed by atoms with van der Waals surface area (Å²) in [5, 5.41) is 24.7. The first-order valence-electron chi connectivity index (χ1n) is 13.0. The van der Waals surface area contributed by atoms with Crippen molar-refractivity contribution in [2.75, 3.05) is 0 Å². The maximum absolute atomic E-state index is 10.9. The highest BCUT2D eigenvalue weighted by Gasteiger charge is 2.58. The van der Waals surface area contributed by atoms with Crippen molar-refractivity contribution in [3.8, 4) is 6.07 Å². The third kappa shape index (κ3) is 3.47. The molecule has 31 heavy (non-hydrogen) atoms. The Kier molecular flexibility index (Phi) is 5.48. The molecule has 1 heterocycles. The number of aliphatic hydroxyl groups is 1. The van der Waals surface area contributed by atoms with Crippen molar-refractivity contribution < 1.29 is 5.11 Å². The normalized spacial score (nSPS) is 45.3. The van der Waals surface area contributed by atoms with Crippen LogP contribution in [0.15, 0.2) is 12.3 Å². The number of hydrogen-bond acceptors (Lipinski definition) is 3. The Morgan fingerprint density at radius 3 is 2.74 bits per heavy atom. The van der Waals surface area contributed by atoms with Gasteiger partial charge >= 0.3 is 0 Å². The zero-order valence-electron chi connectivity index (χ0n) is 19.8. The molecule has 0 spiro atoms. The Hall–Kier alpha value is -1.34. The summed E-state index contributed by atoms with van der Waals surface area (Å²) in [5.41, 5.74) is 0.768. The largest absolute Gasteiger partial charge is 0.390 e. The van der Waals surface area contributed by atoms with Gasteiger partial charge in [0, 0.05) is 6.54 Å². The van der Waals surface area contributed by atoms with Gasteiger partial charge < -0.3 is 5.11 Å². The number of fused-ring (bicyclic) bond motifs is 5. The van der Waals surface area contributed by atoms with Crippen LogP contribution in [0.2, 0.25) is 0 Å². The molecule has 5 rings (SSSR count). The minimum Gasteiger partial charge on any atom is -0.390 e. The first kappa shape index (κ1) is 21.5. The molecule has 1 aromatic rings. The van der Waals surface area contributed by atoms with Crippen molar-refractivity contribution in [1.82, 2.24) is 9.78 Å². The van der Waals surface area contributed by atoms with Gasteiger partial charge in [0.15, 0.2) is 0 Å². The first-order valence-corrected chi connectivity index (χ1v) is 13.0. The zero-order chi connectivity index (χ0) is 21.8. The van der Waals surface area contributed by atoms with Crippen LogP contribution in [-0.2, 0) is 6.54 Å². The predicted octanol–water partition coefficient (Wildman–Crippen LogP) is 5.80. The number of hydrogen-bond donors (Lipinski definition) is 1.